The van der Waals surface area contributed by atoms with Crippen LogP contribution in [0.4, 0.5) is 0 Å². The molecule has 0 aliphatic rings. The Morgan fingerprint density at radius 2 is 2.10 bits per heavy atom. The van der Waals surface area contributed by atoms with Gasteiger partial charge in [-0.05, 0) is 32.4 Å². The third kappa shape index (κ3) is 2.88. The van der Waals surface area contributed by atoms with Crippen LogP contribution in [0.5, 0.6) is 0 Å². The van der Waals surface area contributed by atoms with Crippen LogP contribution in [0.2, 0.25) is 5.15 Å². The van der Waals surface area contributed by atoms with Gasteiger partial charge in [-0.1, -0.05) is 18.5 Å². The molecule has 1 atom stereocenters. The van der Waals surface area contributed by atoms with Crippen molar-refractivity contribution in [1.29, 1.82) is 0 Å². The molecule has 0 aliphatic carbocycles. The van der Waals surface area contributed by atoms with Crippen LogP contribution in [0.1, 0.15) is 35.2 Å². The molecule has 0 spiro atoms. The zero-order valence-corrected chi connectivity index (χ0v) is 13.3. The van der Waals surface area contributed by atoms with E-state index < -0.39 is 5.69 Å². The van der Waals surface area contributed by atoms with Crippen molar-refractivity contribution in [2.45, 2.75) is 39.7 Å². The molecule has 1 N–H and O–H groups in total. The van der Waals surface area contributed by atoms with E-state index in [1.54, 1.807) is 11.3 Å². The molecule has 2 aromatic rings. The predicted molar refractivity (Wildman–Crippen MR) is 83.2 cm³/mol. The van der Waals surface area contributed by atoms with E-state index in [1.807, 2.05) is 32.9 Å². The largest absolute Gasteiger partial charge is 0.329 e. The van der Waals surface area contributed by atoms with Crippen molar-refractivity contribution in [1.82, 2.24) is 9.55 Å². The van der Waals surface area contributed by atoms with Gasteiger partial charge in [0.25, 0.3) is 5.56 Å². The predicted octanol–water partition coefficient (Wildman–Crippen LogP) is 2.93. The Hall–Kier alpha value is -1.33. The number of aromatic nitrogens is 2. The van der Waals surface area contributed by atoms with Gasteiger partial charge in [-0.25, -0.2) is 4.79 Å². The molecule has 6 heteroatoms. The molecule has 0 saturated heterocycles. The van der Waals surface area contributed by atoms with Crippen molar-refractivity contribution in [2.24, 2.45) is 0 Å². The number of H-pyrrole nitrogens is 1. The van der Waals surface area contributed by atoms with Crippen molar-refractivity contribution >= 4 is 22.9 Å². The first-order chi connectivity index (χ1) is 9.43. The number of nitrogens with one attached hydrogen (secondary N) is 1. The number of halogens is 1. The van der Waals surface area contributed by atoms with Crippen LogP contribution < -0.4 is 11.2 Å². The van der Waals surface area contributed by atoms with Crippen LogP contribution in [0.3, 0.4) is 0 Å². The molecule has 0 aromatic carbocycles. The fraction of sp³-hybridized carbons (Fsp3) is 0.429. The third-order valence-electron chi connectivity index (χ3n) is 3.26. The lowest BCUT2D eigenvalue weighted by molar-refractivity contribution is 0.500. The summed E-state index contributed by atoms with van der Waals surface area (Å²) in [6.07, 6.45) is 1.16. The van der Waals surface area contributed by atoms with E-state index in [0.717, 1.165) is 4.88 Å². The number of rotatable bonds is 4. The van der Waals surface area contributed by atoms with E-state index in [-0.39, 0.29) is 16.8 Å². The van der Waals surface area contributed by atoms with Crippen molar-refractivity contribution < 1.29 is 0 Å². The first-order valence-corrected chi connectivity index (χ1v) is 7.72. The second kappa shape index (κ2) is 5.97. The Kier molecular flexibility index (Phi) is 4.50. The molecular formula is C14H17ClN2O2S. The SMILES string of the molecule is CCc1c(Cl)[nH]c(=O)n(C(C)Cc2ccc(C)s2)c1=O. The van der Waals surface area contributed by atoms with Gasteiger partial charge in [-0.15, -0.1) is 11.3 Å². The van der Waals surface area contributed by atoms with Crippen LogP contribution >= 0.6 is 22.9 Å². The summed E-state index contributed by atoms with van der Waals surface area (Å²) in [7, 11) is 0. The van der Waals surface area contributed by atoms with E-state index in [0.29, 0.717) is 18.4 Å². The topological polar surface area (TPSA) is 54.9 Å². The first-order valence-electron chi connectivity index (χ1n) is 6.52. The lowest BCUT2D eigenvalue weighted by Gasteiger charge is -2.14. The van der Waals surface area contributed by atoms with Gasteiger partial charge in [0.15, 0.2) is 0 Å². The number of hydrogen-bond acceptors (Lipinski definition) is 3. The summed E-state index contributed by atoms with van der Waals surface area (Å²) in [6.45, 7) is 5.76. The number of aromatic amines is 1. The Bertz CT molecular complexity index is 730. The van der Waals surface area contributed by atoms with Crippen LogP contribution in [-0.4, -0.2) is 9.55 Å². The molecule has 0 radical (unpaired) electrons. The molecule has 0 aliphatic heterocycles. The van der Waals surface area contributed by atoms with Crippen molar-refractivity contribution in [3.05, 3.63) is 53.4 Å². The summed E-state index contributed by atoms with van der Waals surface area (Å²) in [4.78, 5) is 29.3. The van der Waals surface area contributed by atoms with Gasteiger partial charge in [-0.3, -0.25) is 14.3 Å². The number of aryl methyl sites for hydroxylation is 1. The molecule has 0 fully saturated rings. The van der Waals surface area contributed by atoms with Crippen LogP contribution in [-0.2, 0) is 12.8 Å². The van der Waals surface area contributed by atoms with E-state index in [1.165, 1.54) is 9.44 Å². The van der Waals surface area contributed by atoms with Crippen LogP contribution in [0.15, 0.2) is 21.7 Å². The van der Waals surface area contributed by atoms with Crippen molar-refractivity contribution in [2.75, 3.05) is 0 Å². The fourth-order valence-corrected chi connectivity index (χ4v) is 3.55. The first kappa shape index (κ1) is 15.1. The van der Waals surface area contributed by atoms with Gasteiger partial charge < -0.3 is 0 Å². The number of hydrogen-bond donors (Lipinski definition) is 1. The summed E-state index contributed by atoms with van der Waals surface area (Å²) in [6, 6.07) is 3.87. The average molecular weight is 313 g/mol. The molecule has 1 unspecified atom stereocenters. The maximum absolute atomic E-state index is 12.3. The van der Waals surface area contributed by atoms with E-state index >= 15 is 0 Å². The smallest absolute Gasteiger partial charge is 0.297 e. The maximum Gasteiger partial charge on any atom is 0.329 e. The van der Waals surface area contributed by atoms with Gasteiger partial charge >= 0.3 is 5.69 Å². The summed E-state index contributed by atoms with van der Waals surface area (Å²) in [5.41, 5.74) is -0.277. The summed E-state index contributed by atoms with van der Waals surface area (Å²) < 4.78 is 1.26. The highest BCUT2D eigenvalue weighted by Crippen LogP contribution is 2.20. The lowest BCUT2D eigenvalue weighted by Crippen LogP contribution is -2.39. The number of nitrogens with zero attached hydrogens (tertiary/aromatic N) is 1. The van der Waals surface area contributed by atoms with Crippen LogP contribution in [0, 0.1) is 6.92 Å². The second-order valence-electron chi connectivity index (χ2n) is 4.82. The molecule has 2 aromatic heterocycles. The highest BCUT2D eigenvalue weighted by atomic mass is 35.5. The van der Waals surface area contributed by atoms with Gasteiger partial charge in [0.05, 0.1) is 5.56 Å². The highest BCUT2D eigenvalue weighted by molar-refractivity contribution is 7.11. The van der Waals surface area contributed by atoms with Crippen molar-refractivity contribution in [3.63, 3.8) is 0 Å². The maximum atomic E-state index is 12.3. The quantitative estimate of drug-likeness (QED) is 0.883. The monoisotopic (exact) mass is 312 g/mol. The molecule has 2 rings (SSSR count). The second-order valence-corrected chi connectivity index (χ2v) is 6.57. The molecular weight excluding hydrogens is 296 g/mol. The Morgan fingerprint density at radius 1 is 1.40 bits per heavy atom. The van der Waals surface area contributed by atoms with E-state index in [4.69, 9.17) is 11.6 Å². The van der Waals surface area contributed by atoms with Crippen LogP contribution in [0.25, 0.3) is 0 Å². The normalized spacial score (nSPS) is 12.6. The standard InChI is InChI=1S/C14H17ClN2O2S/c1-4-11-12(15)16-14(19)17(13(11)18)8(2)7-10-6-5-9(3)20-10/h5-6,8H,4,7H2,1-3H3,(H,16,19). The van der Waals surface area contributed by atoms with Crippen molar-refractivity contribution in [3.8, 4) is 0 Å². The van der Waals surface area contributed by atoms with Gasteiger partial charge in [0.1, 0.15) is 5.15 Å². The van der Waals surface area contributed by atoms with E-state index in [9.17, 15) is 9.59 Å². The van der Waals surface area contributed by atoms with Gasteiger partial charge in [0.2, 0.25) is 0 Å². The minimum absolute atomic E-state index is 0.151. The van der Waals surface area contributed by atoms with Gasteiger partial charge in [0, 0.05) is 22.2 Å². The Morgan fingerprint density at radius 3 is 2.65 bits per heavy atom. The molecule has 2 heterocycles. The molecule has 20 heavy (non-hydrogen) atoms. The fourth-order valence-electron chi connectivity index (χ4n) is 2.25. The highest BCUT2D eigenvalue weighted by Gasteiger charge is 2.16. The Balaban J connectivity index is 2.42. The third-order valence-corrected chi connectivity index (χ3v) is 4.61. The number of thiophene rings is 1. The molecule has 0 saturated carbocycles. The average Bonchev–Trinajstić information content (AvgIpc) is 2.74. The lowest BCUT2D eigenvalue weighted by atomic mass is 10.2. The Labute approximate surface area is 126 Å². The zero-order valence-electron chi connectivity index (χ0n) is 11.7. The molecule has 0 bridgehead atoms. The summed E-state index contributed by atoms with van der Waals surface area (Å²) in [5.74, 6) is 0. The molecule has 4 nitrogen and oxygen atoms in total. The zero-order chi connectivity index (χ0) is 14.9. The summed E-state index contributed by atoms with van der Waals surface area (Å²) >= 11 is 7.59. The minimum Gasteiger partial charge on any atom is -0.297 e. The minimum atomic E-state index is -0.446. The molecule has 0 amide bonds. The summed E-state index contributed by atoms with van der Waals surface area (Å²) in [5, 5.41) is 0.151. The van der Waals surface area contributed by atoms with E-state index in [2.05, 4.69) is 4.98 Å². The molecule has 108 valence electrons. The van der Waals surface area contributed by atoms with Gasteiger partial charge in [-0.2, -0.15) is 0 Å².